The molecule has 0 radical (unpaired) electrons. The molecule has 1 unspecified atom stereocenters. The highest BCUT2D eigenvalue weighted by molar-refractivity contribution is 6.26. The van der Waals surface area contributed by atoms with Gasteiger partial charge in [0.25, 0.3) is 0 Å². The van der Waals surface area contributed by atoms with E-state index >= 15 is 0 Å². The van der Waals surface area contributed by atoms with E-state index in [1.165, 1.54) is 5.57 Å². The second-order valence-corrected chi connectivity index (χ2v) is 5.36. The van der Waals surface area contributed by atoms with Gasteiger partial charge in [-0.25, -0.2) is 0 Å². The first-order chi connectivity index (χ1) is 7.56. The van der Waals surface area contributed by atoms with E-state index in [-0.39, 0.29) is 0 Å². The van der Waals surface area contributed by atoms with Crippen molar-refractivity contribution in [2.24, 2.45) is 5.92 Å². The van der Waals surface area contributed by atoms with Crippen LogP contribution in [0.4, 0.5) is 0 Å². The smallest absolute Gasteiger partial charge is 0.496 e. The summed E-state index contributed by atoms with van der Waals surface area (Å²) in [6, 6.07) is 0. The van der Waals surface area contributed by atoms with Gasteiger partial charge in [0.1, 0.15) is 0 Å². The van der Waals surface area contributed by atoms with Crippen molar-refractivity contribution in [2.45, 2.75) is 47.0 Å². The predicted octanol–water partition coefficient (Wildman–Crippen LogP) is 3.23. The molecule has 0 aliphatic carbocycles. The predicted molar refractivity (Wildman–Crippen MR) is 66.5 cm³/mol. The highest BCUT2D eigenvalue weighted by atomic mass is 28.3. The zero-order valence-corrected chi connectivity index (χ0v) is 11.9. The van der Waals surface area contributed by atoms with Crippen molar-refractivity contribution in [2.75, 3.05) is 13.2 Å². The molecule has 0 bridgehead atoms. The number of hydrogen-bond acceptors (Lipinski definition) is 3. The molecule has 0 saturated carbocycles. The summed E-state index contributed by atoms with van der Waals surface area (Å²) >= 11 is 0. The van der Waals surface area contributed by atoms with Crippen molar-refractivity contribution in [3.05, 3.63) is 11.6 Å². The van der Waals surface area contributed by atoms with Crippen LogP contribution in [0.5, 0.6) is 0 Å². The van der Waals surface area contributed by atoms with Gasteiger partial charge in [0.15, 0.2) is 0 Å². The van der Waals surface area contributed by atoms with Crippen molar-refractivity contribution >= 4 is 9.17 Å². The van der Waals surface area contributed by atoms with E-state index in [9.17, 15) is 4.46 Å². The Hall–Kier alpha value is -0.643. The standard InChI is InChI=1S/C12H24O3Si/c1-5-14-16(13)15-10-9-12(4)8-6-7-11(2)3/h7,12H,5-6,8-10H2,1-4H3. The van der Waals surface area contributed by atoms with Crippen LogP contribution in [0.15, 0.2) is 11.6 Å². The van der Waals surface area contributed by atoms with Gasteiger partial charge in [-0.1, -0.05) is 18.6 Å². The van der Waals surface area contributed by atoms with E-state index in [1.807, 2.05) is 6.92 Å². The molecule has 0 N–H and O–H groups in total. The molecule has 0 aromatic rings. The van der Waals surface area contributed by atoms with E-state index in [2.05, 4.69) is 26.8 Å². The second kappa shape index (κ2) is 9.57. The van der Waals surface area contributed by atoms with Crippen molar-refractivity contribution in [3.8, 4) is 0 Å². The minimum Gasteiger partial charge on any atom is -0.496 e. The van der Waals surface area contributed by atoms with E-state index in [0.717, 1.165) is 19.3 Å². The first-order valence-electron chi connectivity index (χ1n) is 5.99. The molecule has 1 atom stereocenters. The van der Waals surface area contributed by atoms with Crippen LogP contribution in [0.3, 0.4) is 0 Å². The van der Waals surface area contributed by atoms with Gasteiger partial charge < -0.3 is 8.85 Å². The van der Waals surface area contributed by atoms with Gasteiger partial charge in [0.05, 0.1) is 13.2 Å². The summed E-state index contributed by atoms with van der Waals surface area (Å²) in [6.45, 7) is 9.22. The van der Waals surface area contributed by atoms with Crippen LogP contribution in [0.2, 0.25) is 0 Å². The zero-order valence-electron chi connectivity index (χ0n) is 10.9. The Morgan fingerprint density at radius 3 is 2.56 bits per heavy atom. The van der Waals surface area contributed by atoms with Crippen molar-refractivity contribution in [1.82, 2.24) is 0 Å². The Labute approximate surface area is 101 Å². The summed E-state index contributed by atoms with van der Waals surface area (Å²) in [6.07, 6.45) is 5.47. The zero-order chi connectivity index (χ0) is 12.4. The van der Waals surface area contributed by atoms with Crippen LogP contribution < -0.4 is 0 Å². The van der Waals surface area contributed by atoms with Crippen LogP contribution in [-0.4, -0.2) is 22.4 Å². The Kier molecular flexibility index (Phi) is 9.19. The fourth-order valence-corrected chi connectivity index (χ4v) is 1.91. The van der Waals surface area contributed by atoms with Gasteiger partial charge in [-0.2, -0.15) is 0 Å². The molecule has 0 heterocycles. The molecule has 0 rings (SSSR count). The maximum atomic E-state index is 11.1. The third-order valence-corrected chi connectivity index (χ3v) is 3.27. The summed E-state index contributed by atoms with van der Waals surface area (Å²) in [5.41, 5.74) is 1.37. The minimum absolute atomic E-state index is 0.452. The quantitative estimate of drug-likeness (QED) is 0.461. The largest absolute Gasteiger partial charge is 0.767 e. The fraction of sp³-hybridized carbons (Fsp3) is 0.833. The van der Waals surface area contributed by atoms with Crippen LogP contribution in [0.25, 0.3) is 0 Å². The first kappa shape index (κ1) is 15.4. The number of allylic oxidation sites excluding steroid dienone is 2. The topological polar surface area (TPSA) is 35.5 Å². The van der Waals surface area contributed by atoms with Crippen LogP contribution in [0.1, 0.15) is 47.0 Å². The van der Waals surface area contributed by atoms with Gasteiger partial charge in [-0.3, -0.25) is 4.46 Å². The average Bonchev–Trinajstić information content (AvgIpc) is 2.17. The van der Waals surface area contributed by atoms with E-state index in [4.69, 9.17) is 8.85 Å². The summed E-state index contributed by atoms with van der Waals surface area (Å²) < 4.78 is 21.0. The average molecular weight is 244 g/mol. The SMILES string of the molecule is CCO[Si](=O)OCCC(C)CCC=C(C)C. The molecule has 0 amide bonds. The molecule has 0 aromatic heterocycles. The lowest BCUT2D eigenvalue weighted by atomic mass is 10.0. The van der Waals surface area contributed by atoms with Crippen LogP contribution in [-0.2, 0) is 13.3 Å². The van der Waals surface area contributed by atoms with Gasteiger partial charge in [0, 0.05) is 0 Å². The Morgan fingerprint density at radius 1 is 1.31 bits per heavy atom. The van der Waals surface area contributed by atoms with Crippen molar-refractivity contribution < 1.29 is 13.3 Å². The minimum atomic E-state index is -2.23. The molecule has 4 heteroatoms. The van der Waals surface area contributed by atoms with Crippen LogP contribution in [0, 0.1) is 5.92 Å². The van der Waals surface area contributed by atoms with Crippen LogP contribution >= 0.6 is 0 Å². The normalized spacial score (nSPS) is 11.8. The Morgan fingerprint density at radius 2 is 2.00 bits per heavy atom. The molecule has 3 nitrogen and oxygen atoms in total. The third kappa shape index (κ3) is 9.89. The molecule has 94 valence electrons. The summed E-state index contributed by atoms with van der Waals surface area (Å²) in [4.78, 5) is 0. The van der Waals surface area contributed by atoms with Crippen molar-refractivity contribution in [3.63, 3.8) is 0 Å². The molecule has 0 fully saturated rings. The summed E-state index contributed by atoms with van der Waals surface area (Å²) in [5.74, 6) is 0.604. The maximum absolute atomic E-state index is 11.1. The van der Waals surface area contributed by atoms with Crippen molar-refractivity contribution in [1.29, 1.82) is 0 Å². The molecular formula is C12H24O3Si. The van der Waals surface area contributed by atoms with E-state index in [1.54, 1.807) is 0 Å². The molecule has 0 aromatic carbocycles. The maximum Gasteiger partial charge on any atom is 0.767 e. The number of hydrogen-bond donors (Lipinski definition) is 0. The first-order valence-corrected chi connectivity index (χ1v) is 7.21. The Balaban J connectivity index is 3.47. The molecule has 0 aliphatic heterocycles. The van der Waals surface area contributed by atoms with Gasteiger partial charge in [0.2, 0.25) is 0 Å². The van der Waals surface area contributed by atoms with Gasteiger partial charge in [-0.15, -0.1) is 0 Å². The summed E-state index contributed by atoms with van der Waals surface area (Å²) in [7, 11) is -2.23. The highest BCUT2D eigenvalue weighted by Gasteiger charge is 2.10. The lowest BCUT2D eigenvalue weighted by molar-refractivity contribution is 0.166. The molecular weight excluding hydrogens is 220 g/mol. The molecule has 0 aliphatic rings. The van der Waals surface area contributed by atoms with Gasteiger partial charge in [-0.05, 0) is 46.0 Å². The van der Waals surface area contributed by atoms with E-state index in [0.29, 0.717) is 19.1 Å². The molecule has 0 spiro atoms. The monoisotopic (exact) mass is 244 g/mol. The third-order valence-electron chi connectivity index (χ3n) is 2.30. The highest BCUT2D eigenvalue weighted by Crippen LogP contribution is 2.11. The second-order valence-electron chi connectivity index (χ2n) is 4.28. The number of rotatable bonds is 9. The van der Waals surface area contributed by atoms with Gasteiger partial charge >= 0.3 is 9.17 Å². The molecule has 0 saturated heterocycles. The molecule has 16 heavy (non-hydrogen) atoms. The lowest BCUT2D eigenvalue weighted by Crippen LogP contribution is -2.14. The Bertz CT molecular complexity index is 222. The van der Waals surface area contributed by atoms with E-state index < -0.39 is 9.17 Å². The fourth-order valence-electron chi connectivity index (χ4n) is 1.30. The summed E-state index contributed by atoms with van der Waals surface area (Å²) in [5, 5.41) is 0. The lowest BCUT2D eigenvalue weighted by Gasteiger charge is -2.10.